The Kier molecular flexibility index (Phi) is 4.42. The summed E-state index contributed by atoms with van der Waals surface area (Å²) in [5, 5.41) is 0. The largest absolute Gasteiger partial charge is 0.349 e. The highest BCUT2D eigenvalue weighted by atomic mass is 16.7. The van der Waals surface area contributed by atoms with Gasteiger partial charge in [-0.05, 0) is 91.3 Å². The molecule has 0 aromatic carbocycles. The van der Waals surface area contributed by atoms with Crippen molar-refractivity contribution < 1.29 is 14.3 Å². The van der Waals surface area contributed by atoms with Crippen LogP contribution in [0.25, 0.3) is 0 Å². The minimum atomic E-state index is -0.292. The van der Waals surface area contributed by atoms with Crippen molar-refractivity contribution in [2.75, 3.05) is 6.61 Å². The third kappa shape index (κ3) is 2.54. The molecule has 2 saturated heterocycles. The zero-order valence-electron chi connectivity index (χ0n) is 19.6. The lowest BCUT2D eigenvalue weighted by Gasteiger charge is -2.60. The highest BCUT2D eigenvalue weighted by Crippen LogP contribution is 2.71. The Morgan fingerprint density at radius 2 is 1.77 bits per heavy atom. The van der Waals surface area contributed by atoms with Crippen LogP contribution in [0.1, 0.15) is 91.9 Å². The number of hydrogen-bond acceptors (Lipinski definition) is 3. The summed E-state index contributed by atoms with van der Waals surface area (Å²) in [7, 11) is 0. The van der Waals surface area contributed by atoms with E-state index >= 15 is 0 Å². The first-order chi connectivity index (χ1) is 14.3. The van der Waals surface area contributed by atoms with E-state index in [2.05, 4.69) is 27.7 Å². The molecule has 1 unspecified atom stereocenters. The Labute approximate surface area is 183 Å². The van der Waals surface area contributed by atoms with Gasteiger partial charge in [-0.25, -0.2) is 0 Å². The lowest BCUT2D eigenvalue weighted by Crippen LogP contribution is -2.54. The number of carbonyl (C=O) groups is 1. The standard InChI is InChI=1S/C27H42O3/c1-16-7-12-27(29-15-16)17(2)24-23(30-27)14-22-20-6-5-18-13-19(28)8-10-25(18,3)21(20)9-11-26(22,24)4/h16-18,20-24H,5-15H2,1-4H3/t16-,17-,18-,20+,21-,22-,23-,24-,25-,26-,27?/m0/s1. The average molecular weight is 415 g/mol. The van der Waals surface area contributed by atoms with Gasteiger partial charge in [-0.3, -0.25) is 4.79 Å². The van der Waals surface area contributed by atoms with Crippen LogP contribution in [0.2, 0.25) is 0 Å². The third-order valence-electron chi connectivity index (χ3n) is 11.7. The summed E-state index contributed by atoms with van der Waals surface area (Å²) in [5.41, 5.74) is 0.820. The zero-order chi connectivity index (χ0) is 20.9. The quantitative estimate of drug-likeness (QED) is 0.487. The maximum atomic E-state index is 12.2. The van der Waals surface area contributed by atoms with Crippen LogP contribution < -0.4 is 0 Å². The molecule has 30 heavy (non-hydrogen) atoms. The summed E-state index contributed by atoms with van der Waals surface area (Å²) in [5.74, 6) is 5.23. The SMILES string of the molecule is C[C@H]1CCC2(OC1)O[C@H]1C[C@H]3[C@@H]4CC[C@H]5CC(=O)CC[C@]5(C)[C@H]4CC[C@]3(C)[C@H]1[C@@H]2C. The second-order valence-corrected chi connectivity index (χ2v) is 12.9. The Morgan fingerprint density at radius 1 is 0.933 bits per heavy atom. The first-order valence-electron chi connectivity index (χ1n) is 13.1. The zero-order valence-corrected chi connectivity index (χ0v) is 19.6. The van der Waals surface area contributed by atoms with Crippen molar-refractivity contribution in [3.8, 4) is 0 Å². The summed E-state index contributed by atoms with van der Waals surface area (Å²) in [6.07, 6.45) is 12.2. The minimum Gasteiger partial charge on any atom is -0.349 e. The molecule has 2 heterocycles. The highest BCUT2D eigenvalue weighted by molar-refractivity contribution is 5.79. The van der Waals surface area contributed by atoms with Gasteiger partial charge in [0, 0.05) is 25.2 Å². The van der Waals surface area contributed by atoms with Crippen LogP contribution in [0.3, 0.4) is 0 Å². The van der Waals surface area contributed by atoms with E-state index in [1.807, 2.05) is 0 Å². The van der Waals surface area contributed by atoms with Gasteiger partial charge < -0.3 is 9.47 Å². The van der Waals surface area contributed by atoms with E-state index in [9.17, 15) is 4.79 Å². The van der Waals surface area contributed by atoms with Gasteiger partial charge in [0.15, 0.2) is 5.79 Å². The van der Waals surface area contributed by atoms with Crippen molar-refractivity contribution in [1.29, 1.82) is 0 Å². The molecule has 168 valence electrons. The van der Waals surface area contributed by atoms with Crippen LogP contribution in [-0.2, 0) is 14.3 Å². The minimum absolute atomic E-state index is 0.292. The van der Waals surface area contributed by atoms with Crippen molar-refractivity contribution in [3.63, 3.8) is 0 Å². The van der Waals surface area contributed by atoms with E-state index in [4.69, 9.17) is 9.47 Å². The van der Waals surface area contributed by atoms with E-state index in [-0.39, 0.29) is 5.79 Å². The number of carbonyl (C=O) groups excluding carboxylic acids is 1. The number of hydrogen-bond donors (Lipinski definition) is 0. The molecule has 11 atom stereocenters. The molecular weight excluding hydrogens is 372 g/mol. The van der Waals surface area contributed by atoms with Crippen LogP contribution in [0.5, 0.6) is 0 Å². The van der Waals surface area contributed by atoms with E-state index in [0.717, 1.165) is 50.0 Å². The lowest BCUT2D eigenvalue weighted by molar-refractivity contribution is -0.273. The maximum Gasteiger partial charge on any atom is 0.171 e. The number of rotatable bonds is 0. The molecule has 0 bridgehead atoms. The van der Waals surface area contributed by atoms with Gasteiger partial charge in [-0.15, -0.1) is 0 Å². The normalized spacial score (nSPS) is 60.1. The molecule has 2 aliphatic heterocycles. The molecule has 6 aliphatic rings. The van der Waals surface area contributed by atoms with Crippen molar-refractivity contribution in [2.45, 2.75) is 104 Å². The summed E-state index contributed by atoms with van der Waals surface area (Å²) in [6.45, 7) is 10.8. The Morgan fingerprint density at radius 3 is 2.53 bits per heavy atom. The highest BCUT2D eigenvalue weighted by Gasteiger charge is 2.69. The Hall–Kier alpha value is -0.410. The maximum absolute atomic E-state index is 12.2. The molecule has 0 N–H and O–H groups in total. The predicted molar refractivity (Wildman–Crippen MR) is 117 cm³/mol. The molecule has 3 nitrogen and oxygen atoms in total. The van der Waals surface area contributed by atoms with Crippen LogP contribution in [0.15, 0.2) is 0 Å². The van der Waals surface area contributed by atoms with Crippen molar-refractivity contribution in [1.82, 2.24) is 0 Å². The number of Topliss-reactive ketones (excluding diaryl/α,β-unsaturated/α-hetero) is 1. The second-order valence-electron chi connectivity index (χ2n) is 12.9. The third-order valence-corrected chi connectivity index (χ3v) is 11.7. The van der Waals surface area contributed by atoms with Crippen LogP contribution in [-0.4, -0.2) is 24.3 Å². The lowest BCUT2D eigenvalue weighted by atomic mass is 9.44. The number of ether oxygens (including phenoxy) is 2. The number of fused-ring (bicyclic) bond motifs is 7. The van der Waals surface area contributed by atoms with Gasteiger partial charge in [0.2, 0.25) is 0 Å². The molecule has 0 amide bonds. The molecular formula is C27H42O3. The summed E-state index contributed by atoms with van der Waals surface area (Å²) < 4.78 is 13.4. The van der Waals surface area contributed by atoms with E-state index < -0.39 is 0 Å². The molecule has 0 aromatic heterocycles. The molecule has 0 aromatic rings. The van der Waals surface area contributed by atoms with Gasteiger partial charge in [0.1, 0.15) is 5.78 Å². The first-order valence-corrected chi connectivity index (χ1v) is 13.1. The molecule has 6 fully saturated rings. The fourth-order valence-corrected chi connectivity index (χ4v) is 10.1. The second kappa shape index (κ2) is 6.56. The van der Waals surface area contributed by atoms with Crippen LogP contribution in [0, 0.1) is 52.3 Å². The molecule has 4 saturated carbocycles. The fraction of sp³-hybridized carbons (Fsp3) is 0.963. The van der Waals surface area contributed by atoms with E-state index in [0.29, 0.717) is 46.4 Å². The summed E-state index contributed by atoms with van der Waals surface area (Å²) in [4.78, 5) is 12.2. The molecule has 0 radical (unpaired) electrons. The molecule has 6 rings (SSSR count). The Balaban J connectivity index is 1.26. The van der Waals surface area contributed by atoms with E-state index in [1.165, 1.54) is 38.5 Å². The van der Waals surface area contributed by atoms with Crippen LogP contribution >= 0.6 is 0 Å². The van der Waals surface area contributed by atoms with Gasteiger partial charge in [0.25, 0.3) is 0 Å². The summed E-state index contributed by atoms with van der Waals surface area (Å²) >= 11 is 0. The monoisotopic (exact) mass is 414 g/mol. The van der Waals surface area contributed by atoms with Crippen molar-refractivity contribution in [3.05, 3.63) is 0 Å². The number of ketones is 1. The molecule has 1 spiro atoms. The topological polar surface area (TPSA) is 35.5 Å². The summed E-state index contributed by atoms with van der Waals surface area (Å²) in [6, 6.07) is 0. The smallest absolute Gasteiger partial charge is 0.171 e. The van der Waals surface area contributed by atoms with Gasteiger partial charge in [-0.1, -0.05) is 27.7 Å². The van der Waals surface area contributed by atoms with Crippen molar-refractivity contribution in [2.24, 2.45) is 52.3 Å². The average Bonchev–Trinajstić information content (AvgIpc) is 3.16. The van der Waals surface area contributed by atoms with Crippen molar-refractivity contribution >= 4 is 5.78 Å². The van der Waals surface area contributed by atoms with Gasteiger partial charge >= 0.3 is 0 Å². The molecule has 4 aliphatic carbocycles. The first kappa shape index (κ1) is 20.2. The molecule has 3 heteroatoms. The Bertz CT molecular complexity index is 724. The van der Waals surface area contributed by atoms with Gasteiger partial charge in [-0.2, -0.15) is 0 Å². The van der Waals surface area contributed by atoms with E-state index in [1.54, 1.807) is 0 Å². The van der Waals surface area contributed by atoms with Crippen LogP contribution in [0.4, 0.5) is 0 Å². The predicted octanol–water partition coefficient (Wildman–Crippen LogP) is 6.00. The fourth-order valence-electron chi connectivity index (χ4n) is 10.1. The van der Waals surface area contributed by atoms with Gasteiger partial charge in [0.05, 0.1) is 12.7 Å².